The van der Waals surface area contributed by atoms with Gasteiger partial charge in [-0.05, 0) is 34.4 Å². The van der Waals surface area contributed by atoms with Crippen molar-refractivity contribution in [1.82, 2.24) is 4.90 Å². The molecule has 2 rings (SSSR count). The van der Waals surface area contributed by atoms with Crippen molar-refractivity contribution in [3.05, 3.63) is 58.3 Å². The fraction of sp³-hybridized carbons (Fsp3) is 0.312. The van der Waals surface area contributed by atoms with E-state index in [4.69, 9.17) is 5.73 Å². The van der Waals surface area contributed by atoms with Gasteiger partial charge in [0.25, 0.3) is 0 Å². The van der Waals surface area contributed by atoms with Crippen molar-refractivity contribution in [2.75, 3.05) is 19.6 Å². The Hall–Kier alpha value is -1.36. The van der Waals surface area contributed by atoms with Crippen molar-refractivity contribution in [3.63, 3.8) is 0 Å². The van der Waals surface area contributed by atoms with Gasteiger partial charge in [-0.15, -0.1) is 12.4 Å². The number of hydrogen-bond donors (Lipinski definition) is 1. The lowest BCUT2D eigenvalue weighted by Gasteiger charge is -2.22. The van der Waals surface area contributed by atoms with Crippen LogP contribution in [0.3, 0.4) is 0 Å². The third-order valence-corrected chi connectivity index (χ3v) is 3.93. The Kier molecular flexibility index (Phi) is 8.05. The third-order valence-electron chi connectivity index (χ3n) is 3.20. The van der Waals surface area contributed by atoms with E-state index in [1.54, 1.807) is 11.3 Å². The molecular weight excluding hydrogens is 304 g/mol. The molecule has 0 spiro atoms. The average molecular weight is 325 g/mol. The van der Waals surface area contributed by atoms with Gasteiger partial charge in [0, 0.05) is 19.6 Å². The summed E-state index contributed by atoms with van der Waals surface area (Å²) in [6.07, 6.45) is 1.34. The number of hydrogen-bond acceptors (Lipinski definition) is 3. The zero-order chi connectivity index (χ0) is 14.2. The maximum absolute atomic E-state index is 12.3. The molecule has 114 valence electrons. The summed E-state index contributed by atoms with van der Waals surface area (Å²) in [4.78, 5) is 14.2. The molecule has 2 N–H and O–H groups in total. The van der Waals surface area contributed by atoms with Crippen molar-refractivity contribution in [2.45, 2.75) is 12.8 Å². The number of benzene rings is 1. The van der Waals surface area contributed by atoms with Crippen LogP contribution >= 0.6 is 23.7 Å². The van der Waals surface area contributed by atoms with Gasteiger partial charge in [-0.3, -0.25) is 4.79 Å². The van der Waals surface area contributed by atoms with Crippen molar-refractivity contribution >= 4 is 29.7 Å². The summed E-state index contributed by atoms with van der Waals surface area (Å²) in [6, 6.07) is 12.2. The second-order valence-corrected chi connectivity index (χ2v) is 5.49. The average Bonchev–Trinajstić information content (AvgIpc) is 2.97. The number of halogens is 1. The first-order valence-corrected chi connectivity index (χ1v) is 7.76. The zero-order valence-corrected chi connectivity index (χ0v) is 13.5. The highest BCUT2D eigenvalue weighted by molar-refractivity contribution is 7.07. The van der Waals surface area contributed by atoms with Gasteiger partial charge in [-0.2, -0.15) is 11.3 Å². The van der Waals surface area contributed by atoms with E-state index in [1.165, 1.54) is 5.56 Å². The molecule has 5 heteroatoms. The Morgan fingerprint density at radius 2 is 1.86 bits per heavy atom. The summed E-state index contributed by atoms with van der Waals surface area (Å²) in [5, 5.41) is 4.02. The zero-order valence-electron chi connectivity index (χ0n) is 11.9. The standard InChI is InChI=1S/C16H20N2OS.ClH/c17-8-10-18(9-6-14-4-2-1-3-5-14)16(19)12-15-7-11-20-13-15;/h1-5,7,11,13H,6,8-10,12,17H2;1H. The van der Waals surface area contributed by atoms with Gasteiger partial charge in [-0.25, -0.2) is 0 Å². The van der Waals surface area contributed by atoms with E-state index in [0.29, 0.717) is 19.5 Å². The van der Waals surface area contributed by atoms with Gasteiger partial charge in [0.05, 0.1) is 6.42 Å². The van der Waals surface area contributed by atoms with Crippen molar-refractivity contribution in [2.24, 2.45) is 5.73 Å². The van der Waals surface area contributed by atoms with Gasteiger partial charge in [0.15, 0.2) is 0 Å². The molecule has 1 amide bonds. The second-order valence-electron chi connectivity index (χ2n) is 4.71. The Balaban J connectivity index is 0.00000220. The summed E-state index contributed by atoms with van der Waals surface area (Å²) in [6.45, 7) is 1.85. The van der Waals surface area contributed by atoms with Crippen LogP contribution in [0.1, 0.15) is 11.1 Å². The van der Waals surface area contributed by atoms with Crippen LogP contribution in [0.15, 0.2) is 47.2 Å². The van der Waals surface area contributed by atoms with Crippen molar-refractivity contribution in [1.29, 1.82) is 0 Å². The first-order valence-electron chi connectivity index (χ1n) is 6.82. The lowest BCUT2D eigenvalue weighted by molar-refractivity contribution is -0.130. The summed E-state index contributed by atoms with van der Waals surface area (Å²) >= 11 is 1.62. The molecule has 3 nitrogen and oxygen atoms in total. The molecule has 0 aliphatic carbocycles. The van der Waals surface area contributed by atoms with E-state index in [2.05, 4.69) is 12.1 Å². The van der Waals surface area contributed by atoms with E-state index in [0.717, 1.165) is 18.5 Å². The summed E-state index contributed by atoms with van der Waals surface area (Å²) in [5.74, 6) is 0.157. The molecule has 0 unspecified atom stereocenters. The molecule has 2 aromatic rings. The van der Waals surface area contributed by atoms with Crippen LogP contribution in [0, 0.1) is 0 Å². The normalized spacial score (nSPS) is 9.95. The molecule has 0 radical (unpaired) electrons. The van der Waals surface area contributed by atoms with Crippen LogP contribution in [-0.4, -0.2) is 30.4 Å². The van der Waals surface area contributed by atoms with Gasteiger partial charge < -0.3 is 10.6 Å². The van der Waals surface area contributed by atoms with Crippen molar-refractivity contribution in [3.8, 4) is 0 Å². The summed E-state index contributed by atoms with van der Waals surface area (Å²) < 4.78 is 0. The van der Waals surface area contributed by atoms with Gasteiger partial charge in [0.2, 0.25) is 5.91 Å². The van der Waals surface area contributed by atoms with Gasteiger partial charge >= 0.3 is 0 Å². The molecule has 1 aromatic heterocycles. The summed E-state index contributed by atoms with van der Waals surface area (Å²) in [7, 11) is 0. The minimum Gasteiger partial charge on any atom is -0.341 e. The Morgan fingerprint density at radius 1 is 1.10 bits per heavy atom. The number of thiophene rings is 1. The SMILES string of the molecule is Cl.NCCN(CCc1ccccc1)C(=O)Cc1ccsc1. The molecule has 0 fully saturated rings. The number of amides is 1. The van der Waals surface area contributed by atoms with Gasteiger partial charge in [-0.1, -0.05) is 30.3 Å². The molecular formula is C16H21ClN2OS. The third kappa shape index (κ3) is 5.87. The number of carbonyl (C=O) groups excluding carboxylic acids is 1. The Labute approximate surface area is 136 Å². The largest absolute Gasteiger partial charge is 0.341 e. The predicted octanol–water partition coefficient (Wildman–Crippen LogP) is 2.74. The second kappa shape index (κ2) is 9.55. The van der Waals surface area contributed by atoms with E-state index >= 15 is 0 Å². The maximum atomic E-state index is 12.3. The van der Waals surface area contributed by atoms with Crippen molar-refractivity contribution < 1.29 is 4.79 Å². The molecule has 0 atom stereocenters. The molecule has 1 heterocycles. The topological polar surface area (TPSA) is 46.3 Å². The number of rotatable bonds is 7. The Bertz CT molecular complexity index is 516. The van der Waals surface area contributed by atoms with E-state index in [-0.39, 0.29) is 18.3 Å². The number of nitrogens with two attached hydrogens (primary N) is 1. The molecule has 0 bridgehead atoms. The van der Waals surface area contributed by atoms with Crippen LogP contribution in [0.4, 0.5) is 0 Å². The van der Waals surface area contributed by atoms with Gasteiger partial charge in [0.1, 0.15) is 0 Å². The highest BCUT2D eigenvalue weighted by Gasteiger charge is 2.13. The van der Waals surface area contributed by atoms with E-state index in [1.807, 2.05) is 39.9 Å². The lowest BCUT2D eigenvalue weighted by atomic mass is 10.1. The minimum atomic E-state index is 0. The Morgan fingerprint density at radius 3 is 2.48 bits per heavy atom. The fourth-order valence-corrected chi connectivity index (χ4v) is 2.77. The molecule has 0 aliphatic rings. The van der Waals surface area contributed by atoms with Crippen LogP contribution in [-0.2, 0) is 17.6 Å². The van der Waals surface area contributed by atoms with E-state index in [9.17, 15) is 4.79 Å². The molecule has 21 heavy (non-hydrogen) atoms. The van der Waals surface area contributed by atoms with Crippen LogP contribution in [0.5, 0.6) is 0 Å². The fourth-order valence-electron chi connectivity index (χ4n) is 2.11. The first-order chi connectivity index (χ1) is 9.79. The maximum Gasteiger partial charge on any atom is 0.227 e. The minimum absolute atomic E-state index is 0. The van der Waals surface area contributed by atoms with E-state index < -0.39 is 0 Å². The summed E-state index contributed by atoms with van der Waals surface area (Å²) in [5.41, 5.74) is 7.95. The highest BCUT2D eigenvalue weighted by Crippen LogP contribution is 2.09. The molecule has 0 aliphatic heterocycles. The number of carbonyl (C=O) groups is 1. The lowest BCUT2D eigenvalue weighted by Crippen LogP contribution is -2.37. The van der Waals surface area contributed by atoms with Crippen LogP contribution in [0.25, 0.3) is 0 Å². The first kappa shape index (κ1) is 17.7. The predicted molar refractivity (Wildman–Crippen MR) is 91.1 cm³/mol. The monoisotopic (exact) mass is 324 g/mol. The number of nitrogens with zero attached hydrogens (tertiary/aromatic N) is 1. The smallest absolute Gasteiger partial charge is 0.227 e. The molecule has 0 saturated heterocycles. The molecule has 1 aromatic carbocycles. The van der Waals surface area contributed by atoms with Crippen LogP contribution < -0.4 is 5.73 Å². The molecule has 0 saturated carbocycles. The van der Waals surface area contributed by atoms with Crippen LogP contribution in [0.2, 0.25) is 0 Å². The quantitative estimate of drug-likeness (QED) is 0.851. The highest BCUT2D eigenvalue weighted by atomic mass is 35.5.